The van der Waals surface area contributed by atoms with E-state index in [-0.39, 0.29) is 3.57 Å². The Morgan fingerprint density at radius 1 is 1.60 bits per heavy atom. The average molecular weight is 334 g/mol. The van der Waals surface area contributed by atoms with Crippen molar-refractivity contribution in [2.24, 2.45) is 0 Å². The molecule has 0 aliphatic rings. The fraction of sp³-hybridized carbons (Fsp3) is 0.167. The van der Waals surface area contributed by atoms with Gasteiger partial charge in [0.1, 0.15) is 0 Å². The highest BCUT2D eigenvalue weighted by molar-refractivity contribution is 14.1. The molecule has 82 valence electrons. The van der Waals surface area contributed by atoms with Crippen LogP contribution in [0.1, 0.15) is 0 Å². The van der Waals surface area contributed by atoms with Crippen molar-refractivity contribution in [2.75, 3.05) is 0 Å². The summed E-state index contributed by atoms with van der Waals surface area (Å²) in [5.74, 6) is -2.28. The molecule has 0 amide bonds. The molecule has 15 heavy (non-hydrogen) atoms. The van der Waals surface area contributed by atoms with Crippen LogP contribution in [0, 0.1) is 19.5 Å². The number of hydrogen-bond acceptors (Lipinski definition) is 4. The average Bonchev–Trinajstić information content (AvgIpc) is 2.10. The van der Waals surface area contributed by atoms with Gasteiger partial charge in [0.2, 0.25) is 5.82 Å². The van der Waals surface area contributed by atoms with E-state index in [0.717, 1.165) is 6.20 Å². The number of nitrogens with zero attached hydrogens (tertiary/aromatic N) is 2. The van der Waals surface area contributed by atoms with E-state index in [0.29, 0.717) is 0 Å². The summed E-state index contributed by atoms with van der Waals surface area (Å²) in [6, 6.07) is 0. The zero-order valence-electron chi connectivity index (χ0n) is 6.79. The van der Waals surface area contributed by atoms with Crippen LogP contribution in [0.4, 0.5) is 18.9 Å². The Labute approximate surface area is 94.5 Å². The Morgan fingerprint density at radius 2 is 2.20 bits per heavy atom. The normalized spacial score (nSPS) is 10.5. The van der Waals surface area contributed by atoms with E-state index in [9.17, 15) is 23.3 Å². The molecular weight excluding hydrogens is 332 g/mol. The smallest absolute Gasteiger partial charge is 0.388 e. The van der Waals surface area contributed by atoms with Gasteiger partial charge in [-0.2, -0.15) is 13.2 Å². The predicted molar refractivity (Wildman–Crippen MR) is 50.2 cm³/mol. The van der Waals surface area contributed by atoms with Gasteiger partial charge >= 0.3 is 18.2 Å². The quantitative estimate of drug-likeness (QED) is 0.484. The van der Waals surface area contributed by atoms with Crippen LogP contribution in [-0.4, -0.2) is 16.5 Å². The maximum Gasteiger partial charge on any atom is 0.388 e. The zero-order chi connectivity index (χ0) is 11.6. The van der Waals surface area contributed by atoms with Crippen molar-refractivity contribution in [1.29, 1.82) is 0 Å². The minimum Gasteiger partial charge on any atom is -0.411 e. The molecule has 0 N–H and O–H groups in total. The van der Waals surface area contributed by atoms with Gasteiger partial charge in [-0.05, 0) is 22.6 Å². The first kappa shape index (κ1) is 11.9. The van der Waals surface area contributed by atoms with Crippen LogP contribution >= 0.6 is 22.6 Å². The lowest BCUT2D eigenvalue weighted by molar-refractivity contribution is -0.389. The van der Waals surface area contributed by atoms with Crippen LogP contribution in [0.15, 0.2) is 6.20 Å². The van der Waals surface area contributed by atoms with Crippen molar-refractivity contribution < 1.29 is 22.8 Å². The summed E-state index contributed by atoms with van der Waals surface area (Å²) in [4.78, 5) is 12.4. The molecule has 1 aromatic rings. The number of alkyl halides is 2. The van der Waals surface area contributed by atoms with Gasteiger partial charge in [0, 0.05) is 6.20 Å². The number of nitro groups is 1. The molecule has 0 aliphatic carbocycles. The molecule has 0 unspecified atom stereocenters. The number of ether oxygens (including phenoxy) is 1. The van der Waals surface area contributed by atoms with Gasteiger partial charge in [-0.15, -0.1) is 0 Å². The molecule has 0 bridgehead atoms. The molecular formula is C6H2F3IN2O3. The summed E-state index contributed by atoms with van der Waals surface area (Å²) in [6.45, 7) is -3.30. The fourth-order valence-corrected chi connectivity index (χ4v) is 1.16. The third kappa shape index (κ3) is 2.67. The van der Waals surface area contributed by atoms with Gasteiger partial charge in [0.25, 0.3) is 0 Å². The SMILES string of the molecule is O=[N+]([O-])c1c(OC(F)F)ncc(I)c1F. The second kappa shape index (κ2) is 4.59. The van der Waals surface area contributed by atoms with Gasteiger partial charge in [0.05, 0.1) is 8.49 Å². The van der Waals surface area contributed by atoms with Gasteiger partial charge in [-0.1, -0.05) is 0 Å². The summed E-state index contributed by atoms with van der Waals surface area (Å²) in [7, 11) is 0. The fourth-order valence-electron chi connectivity index (χ4n) is 0.769. The Kier molecular flexibility index (Phi) is 3.66. The van der Waals surface area contributed by atoms with Crippen LogP contribution in [0.2, 0.25) is 0 Å². The predicted octanol–water partition coefficient (Wildman–Crippen LogP) is 2.33. The number of rotatable bonds is 3. The van der Waals surface area contributed by atoms with E-state index in [4.69, 9.17) is 0 Å². The molecule has 1 rings (SSSR count). The molecule has 0 aromatic carbocycles. The van der Waals surface area contributed by atoms with Crippen molar-refractivity contribution in [2.45, 2.75) is 6.61 Å². The van der Waals surface area contributed by atoms with Crippen LogP contribution in [0.3, 0.4) is 0 Å². The summed E-state index contributed by atoms with van der Waals surface area (Å²) < 4.78 is 40.3. The highest BCUT2D eigenvalue weighted by atomic mass is 127. The Hall–Kier alpha value is -1.13. The third-order valence-corrected chi connectivity index (χ3v) is 2.05. The Balaban J connectivity index is 3.27. The third-order valence-electron chi connectivity index (χ3n) is 1.30. The minimum absolute atomic E-state index is 0.152. The molecule has 1 heterocycles. The summed E-state index contributed by atoms with van der Waals surface area (Å²) >= 11 is 1.45. The minimum atomic E-state index is -3.30. The van der Waals surface area contributed by atoms with Crippen molar-refractivity contribution in [3.05, 3.63) is 25.7 Å². The number of halogens is 4. The van der Waals surface area contributed by atoms with E-state index < -0.39 is 28.9 Å². The Bertz CT molecular complexity index is 401. The molecule has 0 aliphatic heterocycles. The topological polar surface area (TPSA) is 65.3 Å². The van der Waals surface area contributed by atoms with E-state index in [1.165, 1.54) is 22.6 Å². The maximum absolute atomic E-state index is 13.1. The molecule has 5 nitrogen and oxygen atoms in total. The molecule has 0 saturated heterocycles. The maximum atomic E-state index is 13.1. The molecule has 1 aromatic heterocycles. The molecule has 0 atom stereocenters. The van der Waals surface area contributed by atoms with Gasteiger partial charge < -0.3 is 4.74 Å². The first-order valence-electron chi connectivity index (χ1n) is 3.36. The van der Waals surface area contributed by atoms with Gasteiger partial charge in [0.15, 0.2) is 0 Å². The van der Waals surface area contributed by atoms with E-state index in [1.54, 1.807) is 0 Å². The number of pyridine rings is 1. The van der Waals surface area contributed by atoms with Crippen LogP contribution in [0.5, 0.6) is 5.88 Å². The van der Waals surface area contributed by atoms with Crippen molar-refractivity contribution >= 4 is 28.3 Å². The highest BCUT2D eigenvalue weighted by Crippen LogP contribution is 2.30. The lowest BCUT2D eigenvalue weighted by atomic mass is 10.4. The molecule has 9 heteroatoms. The monoisotopic (exact) mass is 334 g/mol. The second-order valence-corrected chi connectivity index (χ2v) is 3.37. The zero-order valence-corrected chi connectivity index (χ0v) is 8.94. The van der Waals surface area contributed by atoms with E-state index in [2.05, 4.69) is 9.72 Å². The lowest BCUT2D eigenvalue weighted by Crippen LogP contribution is -2.08. The van der Waals surface area contributed by atoms with Crippen LogP contribution < -0.4 is 4.74 Å². The van der Waals surface area contributed by atoms with Crippen LogP contribution in [0.25, 0.3) is 0 Å². The first-order chi connectivity index (χ1) is 6.93. The first-order valence-corrected chi connectivity index (χ1v) is 4.44. The molecule has 0 spiro atoms. The lowest BCUT2D eigenvalue weighted by Gasteiger charge is -2.04. The Morgan fingerprint density at radius 3 is 2.67 bits per heavy atom. The van der Waals surface area contributed by atoms with Crippen molar-refractivity contribution in [3.8, 4) is 5.88 Å². The van der Waals surface area contributed by atoms with Crippen LogP contribution in [-0.2, 0) is 0 Å². The van der Waals surface area contributed by atoms with E-state index >= 15 is 0 Å². The number of hydrogen-bond donors (Lipinski definition) is 0. The summed E-state index contributed by atoms with van der Waals surface area (Å²) in [5.41, 5.74) is -1.19. The molecule has 0 radical (unpaired) electrons. The highest BCUT2D eigenvalue weighted by Gasteiger charge is 2.27. The summed E-state index contributed by atoms with van der Waals surface area (Å²) in [5, 5.41) is 10.4. The molecule has 0 fully saturated rings. The standard InChI is InChI=1S/C6H2F3IN2O3/c7-3-2(10)1-11-5(15-6(8)9)4(3)12(13)14/h1,6H. The summed E-state index contributed by atoms with van der Waals surface area (Å²) in [6.07, 6.45) is 0.862. The van der Waals surface area contributed by atoms with E-state index in [1.807, 2.05) is 0 Å². The largest absolute Gasteiger partial charge is 0.411 e. The van der Waals surface area contributed by atoms with Crippen molar-refractivity contribution in [3.63, 3.8) is 0 Å². The second-order valence-electron chi connectivity index (χ2n) is 2.21. The molecule has 0 saturated carbocycles. The number of aromatic nitrogens is 1. The van der Waals surface area contributed by atoms with Gasteiger partial charge in [-0.3, -0.25) is 10.1 Å². The van der Waals surface area contributed by atoms with Crippen molar-refractivity contribution in [1.82, 2.24) is 4.98 Å². The van der Waals surface area contributed by atoms with Gasteiger partial charge in [-0.25, -0.2) is 4.98 Å².